The quantitative estimate of drug-likeness (QED) is 0.369. The van der Waals surface area contributed by atoms with Crippen LogP contribution in [0.15, 0.2) is 42.9 Å². The van der Waals surface area contributed by atoms with Gasteiger partial charge in [0.05, 0.1) is 23.6 Å². The average Bonchev–Trinajstić information content (AvgIpc) is 3.85. The van der Waals surface area contributed by atoms with E-state index < -0.39 is 5.91 Å². The van der Waals surface area contributed by atoms with Gasteiger partial charge < -0.3 is 31.1 Å². The summed E-state index contributed by atoms with van der Waals surface area (Å²) in [5, 5.41) is 6.34. The first-order valence-electron chi connectivity index (χ1n) is 14.7. The van der Waals surface area contributed by atoms with Gasteiger partial charge in [0.25, 0.3) is 11.8 Å². The number of piperidine rings is 1. The second-order valence-electron chi connectivity index (χ2n) is 11.5. The van der Waals surface area contributed by atoms with Crippen molar-refractivity contribution in [2.75, 3.05) is 54.9 Å². The molecule has 42 heavy (non-hydrogen) atoms. The van der Waals surface area contributed by atoms with Crippen LogP contribution in [0.2, 0.25) is 0 Å². The predicted molar refractivity (Wildman–Crippen MR) is 161 cm³/mol. The number of aromatic nitrogens is 4. The van der Waals surface area contributed by atoms with Crippen LogP contribution in [-0.4, -0.2) is 88.5 Å². The molecular formula is C30H38N10O2. The molecule has 220 valence electrons. The summed E-state index contributed by atoms with van der Waals surface area (Å²) in [5.41, 5.74) is 8.36. The topological polar surface area (TPSA) is 146 Å². The number of nitrogens with zero attached hydrogens (tertiary/aromatic N) is 7. The minimum atomic E-state index is -0.677. The fraction of sp³-hybridized carbons (Fsp3) is 0.467. The lowest BCUT2D eigenvalue weighted by atomic mass is 9.97. The van der Waals surface area contributed by atoms with Crippen LogP contribution in [0.1, 0.15) is 65.1 Å². The Labute approximate surface area is 245 Å². The summed E-state index contributed by atoms with van der Waals surface area (Å²) in [5.74, 6) is 1.13. The number of hydrogen-bond donors (Lipinski definition) is 3. The highest BCUT2D eigenvalue weighted by Gasteiger charge is 2.31. The Morgan fingerprint density at radius 2 is 1.74 bits per heavy atom. The third-order valence-corrected chi connectivity index (χ3v) is 8.50. The van der Waals surface area contributed by atoms with Gasteiger partial charge in [0.2, 0.25) is 0 Å². The normalized spacial score (nSPS) is 21.2. The molecule has 12 nitrogen and oxygen atoms in total. The number of nitrogens with two attached hydrogens (primary N) is 1. The number of amides is 2. The lowest BCUT2D eigenvalue weighted by Gasteiger charge is -2.40. The van der Waals surface area contributed by atoms with Crippen molar-refractivity contribution < 1.29 is 9.59 Å². The molecule has 12 heteroatoms. The maximum atomic E-state index is 13.0. The fourth-order valence-corrected chi connectivity index (χ4v) is 5.69. The Bertz CT molecular complexity index is 1420. The van der Waals surface area contributed by atoms with E-state index in [4.69, 9.17) is 10.7 Å². The molecule has 3 aliphatic rings. The smallest absolute Gasteiger partial charge is 0.271 e. The lowest BCUT2D eigenvalue weighted by Crippen LogP contribution is -2.54. The number of nitrogens with one attached hydrogen (secondary N) is 2. The van der Waals surface area contributed by atoms with E-state index in [1.807, 2.05) is 30.5 Å². The average molecular weight is 571 g/mol. The summed E-state index contributed by atoms with van der Waals surface area (Å²) in [4.78, 5) is 50.1. The first kappa shape index (κ1) is 27.8. The summed E-state index contributed by atoms with van der Waals surface area (Å²) >= 11 is 0. The standard InChI is InChI=1S/C30H38N10O2/c1-19-23(35-30(42)21-7-9-24(32-16-21)20-5-6-20)4-3-11-40(19)26-18-34-27(28(31)41)29(37-26)36-25-10-8-22(17-33-25)39-14-12-38(2)13-15-39/h7-10,16-20,23H,3-6,11-15H2,1-2H3,(H2,31,41)(H,35,42)(H,33,36,37)/t19-,23-/m1/s1. The van der Waals surface area contributed by atoms with E-state index in [0.717, 1.165) is 56.9 Å². The third-order valence-electron chi connectivity index (χ3n) is 8.50. The van der Waals surface area contributed by atoms with E-state index >= 15 is 0 Å². The molecule has 4 N–H and O–H groups in total. The van der Waals surface area contributed by atoms with Crippen molar-refractivity contribution in [3.63, 3.8) is 0 Å². The molecule has 6 rings (SSSR count). The molecule has 0 bridgehead atoms. The van der Waals surface area contributed by atoms with Crippen molar-refractivity contribution in [3.05, 3.63) is 59.8 Å². The second kappa shape index (κ2) is 11.9. The second-order valence-corrected chi connectivity index (χ2v) is 11.5. The SMILES string of the molecule is C[C@@H]1[C@H](NC(=O)c2ccc(C3CC3)nc2)CCCN1c1cnc(C(N)=O)c(Nc2ccc(N3CCN(C)CC3)cn2)n1. The Morgan fingerprint density at radius 3 is 2.40 bits per heavy atom. The number of likely N-dealkylation sites (N-methyl/N-ethyl adjacent to an activating group) is 1. The minimum absolute atomic E-state index is 0.0420. The van der Waals surface area contributed by atoms with Gasteiger partial charge in [0, 0.05) is 62.6 Å². The van der Waals surface area contributed by atoms with Crippen LogP contribution < -0.4 is 26.2 Å². The zero-order chi connectivity index (χ0) is 29.2. The number of hydrogen-bond acceptors (Lipinski definition) is 10. The fourth-order valence-electron chi connectivity index (χ4n) is 5.69. The van der Waals surface area contributed by atoms with E-state index in [9.17, 15) is 9.59 Å². The molecule has 2 aliphatic heterocycles. The third kappa shape index (κ3) is 6.13. The highest BCUT2D eigenvalue weighted by molar-refractivity contribution is 5.96. The van der Waals surface area contributed by atoms with Crippen LogP contribution in [0.25, 0.3) is 0 Å². The van der Waals surface area contributed by atoms with Crippen molar-refractivity contribution in [3.8, 4) is 0 Å². The van der Waals surface area contributed by atoms with Gasteiger partial charge in [0.15, 0.2) is 11.5 Å². The molecule has 0 spiro atoms. The van der Waals surface area contributed by atoms with Gasteiger partial charge >= 0.3 is 0 Å². The predicted octanol–water partition coefficient (Wildman–Crippen LogP) is 2.53. The largest absolute Gasteiger partial charge is 0.368 e. The molecule has 2 atom stereocenters. The van der Waals surface area contributed by atoms with Crippen LogP contribution in [-0.2, 0) is 0 Å². The number of primary amides is 1. The zero-order valence-corrected chi connectivity index (χ0v) is 24.2. The molecule has 0 radical (unpaired) electrons. The van der Waals surface area contributed by atoms with Gasteiger partial charge in [-0.25, -0.2) is 15.0 Å². The molecule has 5 heterocycles. The molecule has 2 amide bonds. The van der Waals surface area contributed by atoms with Crippen molar-refractivity contribution in [1.29, 1.82) is 0 Å². The van der Waals surface area contributed by atoms with Crippen molar-refractivity contribution in [1.82, 2.24) is 30.2 Å². The van der Waals surface area contributed by atoms with Crippen LogP contribution >= 0.6 is 0 Å². The van der Waals surface area contributed by atoms with Crippen molar-refractivity contribution >= 4 is 35.0 Å². The zero-order valence-electron chi connectivity index (χ0n) is 24.2. The highest BCUT2D eigenvalue weighted by atomic mass is 16.2. The molecule has 1 saturated carbocycles. The van der Waals surface area contributed by atoms with Crippen molar-refractivity contribution in [2.24, 2.45) is 5.73 Å². The molecule has 3 aromatic rings. The molecular weight excluding hydrogens is 532 g/mol. The summed E-state index contributed by atoms with van der Waals surface area (Å²) in [6, 6.07) is 7.56. The van der Waals surface area contributed by atoms with E-state index in [1.165, 1.54) is 12.8 Å². The van der Waals surface area contributed by atoms with Gasteiger partial charge in [-0.15, -0.1) is 0 Å². The molecule has 0 unspecified atom stereocenters. The summed E-state index contributed by atoms with van der Waals surface area (Å²) in [6.07, 6.45) is 9.12. The number of carbonyl (C=O) groups excluding carboxylic acids is 2. The number of pyridine rings is 2. The van der Waals surface area contributed by atoms with Gasteiger partial charge in [-0.05, 0) is 63.9 Å². The Hall–Kier alpha value is -4.32. The Morgan fingerprint density at radius 1 is 0.929 bits per heavy atom. The van der Waals surface area contributed by atoms with Crippen LogP contribution in [0.3, 0.4) is 0 Å². The molecule has 1 aliphatic carbocycles. The molecule has 3 fully saturated rings. The van der Waals surface area contributed by atoms with Gasteiger partial charge in [-0.3, -0.25) is 14.6 Å². The Kier molecular flexibility index (Phi) is 7.88. The molecule has 0 aromatic carbocycles. The summed E-state index contributed by atoms with van der Waals surface area (Å²) in [7, 11) is 2.13. The van der Waals surface area contributed by atoms with E-state index in [-0.39, 0.29) is 29.5 Å². The maximum absolute atomic E-state index is 13.0. The van der Waals surface area contributed by atoms with Gasteiger partial charge in [-0.1, -0.05) is 0 Å². The Balaban J connectivity index is 1.15. The summed E-state index contributed by atoms with van der Waals surface area (Å²) in [6.45, 7) is 6.72. The van der Waals surface area contributed by atoms with Crippen molar-refractivity contribution in [2.45, 2.75) is 50.6 Å². The van der Waals surface area contributed by atoms with E-state index in [2.05, 4.69) is 54.3 Å². The van der Waals surface area contributed by atoms with Gasteiger partial charge in [0.1, 0.15) is 11.6 Å². The summed E-state index contributed by atoms with van der Waals surface area (Å²) < 4.78 is 0. The number of piperazine rings is 1. The highest BCUT2D eigenvalue weighted by Crippen LogP contribution is 2.38. The van der Waals surface area contributed by atoms with E-state index in [0.29, 0.717) is 23.1 Å². The molecule has 2 saturated heterocycles. The lowest BCUT2D eigenvalue weighted by molar-refractivity contribution is 0.0923. The van der Waals surface area contributed by atoms with Crippen LogP contribution in [0.5, 0.6) is 0 Å². The monoisotopic (exact) mass is 570 g/mol. The minimum Gasteiger partial charge on any atom is -0.368 e. The first-order chi connectivity index (χ1) is 20.4. The maximum Gasteiger partial charge on any atom is 0.271 e. The van der Waals surface area contributed by atoms with Crippen LogP contribution in [0, 0.1) is 0 Å². The number of carbonyl (C=O) groups is 2. The van der Waals surface area contributed by atoms with Crippen LogP contribution in [0.4, 0.5) is 23.1 Å². The molecule has 3 aromatic heterocycles. The first-order valence-corrected chi connectivity index (χ1v) is 14.7. The van der Waals surface area contributed by atoms with Gasteiger partial charge in [-0.2, -0.15) is 0 Å². The number of anilines is 4. The number of rotatable bonds is 8. The van der Waals surface area contributed by atoms with E-state index in [1.54, 1.807) is 12.4 Å².